The molecule has 0 amide bonds. The number of allylic oxidation sites excluding steroid dienone is 2. The van der Waals surface area contributed by atoms with Gasteiger partial charge in [-0.05, 0) is 118 Å². The SMILES string of the molecule is CN(CCCCCCC1=C(c2ccccc2)CCCc2cc(O)ccc21)CCCCS(=O)(=O)CCCC(F)(F)F. The van der Waals surface area contributed by atoms with Gasteiger partial charge < -0.3 is 10.0 Å². The van der Waals surface area contributed by atoms with Gasteiger partial charge in [0.25, 0.3) is 0 Å². The Morgan fingerprint density at radius 2 is 1.52 bits per heavy atom. The lowest BCUT2D eigenvalue weighted by atomic mass is 9.89. The molecule has 4 nitrogen and oxygen atoms in total. The highest BCUT2D eigenvalue weighted by atomic mass is 32.2. The van der Waals surface area contributed by atoms with E-state index in [4.69, 9.17) is 0 Å². The van der Waals surface area contributed by atoms with E-state index in [1.807, 2.05) is 19.2 Å². The highest BCUT2D eigenvalue weighted by Crippen LogP contribution is 2.39. The van der Waals surface area contributed by atoms with Gasteiger partial charge in [0.05, 0.1) is 11.5 Å². The Labute approximate surface area is 238 Å². The van der Waals surface area contributed by atoms with Crippen molar-refractivity contribution in [1.29, 1.82) is 0 Å². The van der Waals surface area contributed by atoms with Gasteiger partial charge in [-0.15, -0.1) is 0 Å². The Morgan fingerprint density at radius 1 is 0.850 bits per heavy atom. The molecular formula is C32H44F3NO3S. The van der Waals surface area contributed by atoms with Crippen molar-refractivity contribution >= 4 is 21.0 Å². The zero-order valence-electron chi connectivity index (χ0n) is 23.7. The van der Waals surface area contributed by atoms with Crippen LogP contribution in [0, 0.1) is 0 Å². The number of aromatic hydroxyl groups is 1. The van der Waals surface area contributed by atoms with Crippen LogP contribution in [-0.4, -0.2) is 56.2 Å². The first-order chi connectivity index (χ1) is 19.0. The number of phenols is 1. The fourth-order valence-corrected chi connectivity index (χ4v) is 6.97. The standard InChI is InChI=1S/C32H44F3NO3S/c1-36(22-9-10-23-40(38,39)24-12-20-32(33,34)35)21-8-3-2-7-16-31-29(26-13-5-4-6-14-26)17-11-15-27-25-28(37)18-19-30(27)31/h4-6,13-14,18-19,25,37H,2-3,7-12,15-17,20-24H2,1H3. The van der Waals surface area contributed by atoms with E-state index >= 15 is 0 Å². The Bertz CT molecular complexity index is 1190. The highest BCUT2D eigenvalue weighted by Gasteiger charge is 2.27. The third-order valence-corrected chi connectivity index (χ3v) is 9.47. The summed E-state index contributed by atoms with van der Waals surface area (Å²) in [5.41, 5.74) is 6.62. The first-order valence-electron chi connectivity index (χ1n) is 14.6. The summed E-state index contributed by atoms with van der Waals surface area (Å²) >= 11 is 0. The molecule has 1 aliphatic carbocycles. The molecule has 0 saturated carbocycles. The zero-order chi connectivity index (χ0) is 29.0. The van der Waals surface area contributed by atoms with Gasteiger partial charge in [-0.2, -0.15) is 13.2 Å². The molecule has 0 bridgehead atoms. The average molecular weight is 580 g/mol. The number of hydrogen-bond acceptors (Lipinski definition) is 4. The van der Waals surface area contributed by atoms with Crippen LogP contribution in [0.5, 0.6) is 5.75 Å². The lowest BCUT2D eigenvalue weighted by Gasteiger charge is -2.17. The average Bonchev–Trinajstić information content (AvgIpc) is 3.07. The number of hydrogen-bond donors (Lipinski definition) is 1. The number of benzene rings is 2. The molecule has 1 N–H and O–H groups in total. The smallest absolute Gasteiger partial charge is 0.389 e. The number of aryl methyl sites for hydroxylation is 1. The van der Waals surface area contributed by atoms with Crippen LogP contribution in [0.2, 0.25) is 0 Å². The quantitative estimate of drug-likeness (QED) is 0.204. The third-order valence-electron chi connectivity index (χ3n) is 7.65. The summed E-state index contributed by atoms with van der Waals surface area (Å²) in [5.74, 6) is -0.101. The Kier molecular flexibility index (Phi) is 12.6. The van der Waals surface area contributed by atoms with Crippen molar-refractivity contribution < 1.29 is 26.7 Å². The van der Waals surface area contributed by atoms with Gasteiger partial charge in [0, 0.05) is 6.42 Å². The Balaban J connectivity index is 1.39. The second-order valence-corrected chi connectivity index (χ2v) is 13.4. The van der Waals surface area contributed by atoms with Crippen molar-refractivity contribution in [1.82, 2.24) is 4.90 Å². The summed E-state index contributed by atoms with van der Waals surface area (Å²) in [6.45, 7) is 1.73. The monoisotopic (exact) mass is 579 g/mol. The molecule has 2 aromatic rings. The minimum absolute atomic E-state index is 0.0394. The molecule has 1 aliphatic rings. The fraction of sp³-hybridized carbons (Fsp3) is 0.562. The molecule has 8 heteroatoms. The minimum atomic E-state index is -4.30. The number of nitrogens with zero attached hydrogens (tertiary/aromatic N) is 1. The molecule has 0 saturated heterocycles. The molecule has 222 valence electrons. The molecule has 0 atom stereocenters. The summed E-state index contributed by atoms with van der Waals surface area (Å²) in [7, 11) is -1.38. The number of phenolic OH excluding ortho intramolecular Hbond substituents is 1. The number of halogens is 3. The van der Waals surface area contributed by atoms with Crippen LogP contribution in [0.3, 0.4) is 0 Å². The predicted molar refractivity (Wildman–Crippen MR) is 158 cm³/mol. The van der Waals surface area contributed by atoms with Crippen LogP contribution < -0.4 is 0 Å². The number of unbranched alkanes of at least 4 members (excludes halogenated alkanes) is 4. The lowest BCUT2D eigenvalue weighted by Crippen LogP contribution is -2.22. The van der Waals surface area contributed by atoms with Crippen LogP contribution in [0.4, 0.5) is 13.2 Å². The van der Waals surface area contributed by atoms with Gasteiger partial charge >= 0.3 is 6.18 Å². The van der Waals surface area contributed by atoms with Crippen molar-refractivity contribution in [3.63, 3.8) is 0 Å². The summed E-state index contributed by atoms with van der Waals surface area (Å²) in [5, 5.41) is 10.0. The van der Waals surface area contributed by atoms with Gasteiger partial charge in [-0.1, -0.05) is 49.2 Å². The molecule has 40 heavy (non-hydrogen) atoms. The second kappa shape index (κ2) is 15.6. The van der Waals surface area contributed by atoms with Gasteiger partial charge in [-0.3, -0.25) is 0 Å². The molecule has 0 spiro atoms. The van der Waals surface area contributed by atoms with E-state index in [0.717, 1.165) is 70.9 Å². The normalized spacial score (nSPS) is 14.4. The molecule has 2 aromatic carbocycles. The van der Waals surface area contributed by atoms with E-state index in [1.54, 1.807) is 6.07 Å². The van der Waals surface area contributed by atoms with Crippen LogP contribution in [0.15, 0.2) is 48.5 Å². The zero-order valence-corrected chi connectivity index (χ0v) is 24.5. The van der Waals surface area contributed by atoms with Gasteiger partial charge in [0.15, 0.2) is 0 Å². The van der Waals surface area contributed by atoms with E-state index in [1.165, 1.54) is 27.8 Å². The van der Waals surface area contributed by atoms with Crippen molar-refractivity contribution in [2.24, 2.45) is 0 Å². The number of fused-ring (bicyclic) bond motifs is 1. The summed E-state index contributed by atoms with van der Waals surface area (Å²) < 4.78 is 60.6. The molecular weight excluding hydrogens is 535 g/mol. The van der Waals surface area contributed by atoms with Gasteiger partial charge in [0.2, 0.25) is 0 Å². The summed E-state index contributed by atoms with van der Waals surface area (Å²) in [6, 6.07) is 16.4. The van der Waals surface area contributed by atoms with E-state index < -0.39 is 22.4 Å². The first-order valence-corrected chi connectivity index (χ1v) is 16.4. The Morgan fingerprint density at radius 3 is 2.25 bits per heavy atom. The number of alkyl halides is 3. The maximum atomic E-state index is 12.2. The van der Waals surface area contributed by atoms with Crippen LogP contribution in [-0.2, 0) is 16.3 Å². The second-order valence-electron chi connectivity index (χ2n) is 11.1. The Hall–Kier alpha value is -2.32. The maximum Gasteiger partial charge on any atom is 0.389 e. The largest absolute Gasteiger partial charge is 0.508 e. The van der Waals surface area contributed by atoms with E-state index in [9.17, 15) is 26.7 Å². The lowest BCUT2D eigenvalue weighted by molar-refractivity contribution is -0.134. The molecule has 3 rings (SSSR count). The van der Waals surface area contributed by atoms with E-state index in [0.29, 0.717) is 12.2 Å². The van der Waals surface area contributed by atoms with Crippen molar-refractivity contribution in [2.45, 2.75) is 83.2 Å². The summed E-state index contributed by atoms with van der Waals surface area (Å²) in [6.07, 6.45) is 4.01. The molecule has 0 heterocycles. The molecule has 0 aliphatic heterocycles. The van der Waals surface area contributed by atoms with Crippen molar-refractivity contribution in [3.05, 3.63) is 65.2 Å². The number of rotatable bonds is 16. The van der Waals surface area contributed by atoms with Crippen molar-refractivity contribution in [3.8, 4) is 5.75 Å². The molecule has 0 fully saturated rings. The molecule has 0 radical (unpaired) electrons. The van der Waals surface area contributed by atoms with E-state index in [2.05, 4.69) is 35.2 Å². The van der Waals surface area contributed by atoms with Crippen molar-refractivity contribution in [2.75, 3.05) is 31.6 Å². The van der Waals surface area contributed by atoms with Crippen LogP contribution in [0.25, 0.3) is 11.1 Å². The van der Waals surface area contributed by atoms with Crippen LogP contribution >= 0.6 is 0 Å². The molecule has 0 unspecified atom stereocenters. The number of sulfone groups is 1. The molecule has 0 aromatic heterocycles. The third kappa shape index (κ3) is 11.3. The topological polar surface area (TPSA) is 57.6 Å². The fourth-order valence-electron chi connectivity index (χ4n) is 5.54. The maximum absolute atomic E-state index is 12.2. The predicted octanol–water partition coefficient (Wildman–Crippen LogP) is 8.06. The summed E-state index contributed by atoms with van der Waals surface area (Å²) in [4.78, 5) is 2.21. The van der Waals surface area contributed by atoms with Crippen LogP contribution in [0.1, 0.15) is 87.3 Å². The van der Waals surface area contributed by atoms with Gasteiger partial charge in [-0.25, -0.2) is 8.42 Å². The van der Waals surface area contributed by atoms with E-state index in [-0.39, 0.29) is 17.9 Å². The minimum Gasteiger partial charge on any atom is -0.508 e. The van der Waals surface area contributed by atoms with Gasteiger partial charge in [0.1, 0.15) is 15.6 Å². The first kappa shape index (κ1) is 32.2. The highest BCUT2D eigenvalue weighted by molar-refractivity contribution is 7.91.